The zero-order valence-electron chi connectivity index (χ0n) is 13.1. The third-order valence-electron chi connectivity index (χ3n) is 3.86. The molecular formula is C19H25NO. The molecule has 0 bridgehead atoms. The molecule has 1 aliphatic rings. The van der Waals surface area contributed by atoms with Crippen molar-refractivity contribution in [3.63, 3.8) is 0 Å². The number of unbranched alkanes of at least 4 members (excludes halogenated alkanes) is 1. The van der Waals surface area contributed by atoms with Gasteiger partial charge in [0.25, 0.3) is 0 Å². The summed E-state index contributed by atoms with van der Waals surface area (Å²) in [5, 5.41) is 0. The van der Waals surface area contributed by atoms with E-state index in [-0.39, 0.29) is 5.60 Å². The summed E-state index contributed by atoms with van der Waals surface area (Å²) < 4.78 is 6.09. The van der Waals surface area contributed by atoms with Gasteiger partial charge >= 0.3 is 0 Å². The zero-order chi connectivity index (χ0) is 15.0. The highest BCUT2D eigenvalue weighted by molar-refractivity contribution is 5.80. The van der Waals surface area contributed by atoms with E-state index < -0.39 is 0 Å². The second kappa shape index (κ2) is 7.94. The summed E-state index contributed by atoms with van der Waals surface area (Å²) in [4.78, 5) is 4.54. The van der Waals surface area contributed by atoms with Gasteiger partial charge in [-0.3, -0.25) is 4.99 Å². The fraction of sp³-hybridized carbons (Fsp3) is 0.421. The lowest BCUT2D eigenvalue weighted by molar-refractivity contribution is -0.0114. The minimum atomic E-state index is -0.124. The van der Waals surface area contributed by atoms with Crippen LogP contribution in [0, 0.1) is 0 Å². The molecule has 2 heteroatoms. The van der Waals surface area contributed by atoms with Crippen LogP contribution in [0.25, 0.3) is 0 Å². The van der Waals surface area contributed by atoms with Crippen LogP contribution in [0.4, 0.5) is 0 Å². The Bertz CT molecular complexity index is 516. The predicted molar refractivity (Wildman–Crippen MR) is 89.8 cm³/mol. The summed E-state index contributed by atoms with van der Waals surface area (Å²) in [5.74, 6) is 0. The van der Waals surface area contributed by atoms with Crippen molar-refractivity contribution in [2.45, 2.75) is 45.1 Å². The van der Waals surface area contributed by atoms with Gasteiger partial charge in [-0.25, -0.2) is 0 Å². The Morgan fingerprint density at radius 1 is 1.24 bits per heavy atom. The summed E-state index contributed by atoms with van der Waals surface area (Å²) in [6.07, 6.45) is 12.6. The number of nitrogens with zero attached hydrogens (tertiary/aromatic N) is 1. The van der Waals surface area contributed by atoms with E-state index in [2.05, 4.69) is 49.2 Å². The Morgan fingerprint density at radius 2 is 2.05 bits per heavy atom. The highest BCUT2D eigenvalue weighted by Gasteiger charge is 2.26. The van der Waals surface area contributed by atoms with Crippen LogP contribution in [0.3, 0.4) is 0 Å². The molecule has 0 amide bonds. The molecule has 21 heavy (non-hydrogen) atoms. The molecule has 0 aromatic heterocycles. The summed E-state index contributed by atoms with van der Waals surface area (Å²) in [6.45, 7) is 5.21. The van der Waals surface area contributed by atoms with Gasteiger partial charge in [-0.2, -0.15) is 0 Å². The molecule has 0 radical (unpaired) electrons. The standard InChI is InChI=1S/C19H25NO/c1-3-5-15-21-19(4-2)13-11-18(12-14-19)20-16-17-9-7-6-8-10-17/h6-13,16H,3-5,14-15H2,1-2H3. The molecule has 0 N–H and O–H groups in total. The fourth-order valence-corrected chi connectivity index (χ4v) is 2.33. The third-order valence-corrected chi connectivity index (χ3v) is 3.86. The van der Waals surface area contributed by atoms with Crippen LogP contribution in [0.1, 0.15) is 45.1 Å². The fourth-order valence-electron chi connectivity index (χ4n) is 2.33. The van der Waals surface area contributed by atoms with E-state index in [1.54, 1.807) is 0 Å². The first kappa shape index (κ1) is 15.7. The van der Waals surface area contributed by atoms with E-state index in [4.69, 9.17) is 4.74 Å². The van der Waals surface area contributed by atoms with Gasteiger partial charge < -0.3 is 4.74 Å². The summed E-state index contributed by atoms with van der Waals surface area (Å²) in [5.41, 5.74) is 2.02. The zero-order valence-corrected chi connectivity index (χ0v) is 13.1. The molecule has 1 aromatic rings. The number of rotatable bonds is 7. The summed E-state index contributed by atoms with van der Waals surface area (Å²) in [6, 6.07) is 10.2. The van der Waals surface area contributed by atoms with Crippen LogP contribution >= 0.6 is 0 Å². The molecule has 0 aliphatic heterocycles. The lowest BCUT2D eigenvalue weighted by Gasteiger charge is -2.31. The summed E-state index contributed by atoms with van der Waals surface area (Å²) >= 11 is 0. The molecule has 2 rings (SSSR count). The first-order chi connectivity index (χ1) is 10.3. The maximum Gasteiger partial charge on any atom is 0.0898 e. The molecule has 1 unspecified atom stereocenters. The number of hydrogen-bond donors (Lipinski definition) is 0. The maximum absolute atomic E-state index is 6.09. The Kier molecular flexibility index (Phi) is 5.94. The Labute approximate surface area is 128 Å². The molecule has 0 heterocycles. The van der Waals surface area contributed by atoms with Gasteiger partial charge in [0.05, 0.1) is 11.3 Å². The van der Waals surface area contributed by atoms with Crippen molar-refractivity contribution in [3.05, 3.63) is 59.8 Å². The van der Waals surface area contributed by atoms with Crippen LogP contribution in [-0.2, 0) is 4.74 Å². The number of allylic oxidation sites excluding steroid dienone is 1. The molecule has 1 aromatic carbocycles. The minimum absolute atomic E-state index is 0.124. The lowest BCUT2D eigenvalue weighted by Crippen LogP contribution is -2.30. The maximum atomic E-state index is 6.09. The second-order valence-corrected chi connectivity index (χ2v) is 5.46. The third kappa shape index (κ3) is 4.68. The van der Waals surface area contributed by atoms with Gasteiger partial charge in [0.2, 0.25) is 0 Å². The van der Waals surface area contributed by atoms with Crippen LogP contribution in [-0.4, -0.2) is 18.4 Å². The average Bonchev–Trinajstić information content (AvgIpc) is 2.55. The highest BCUT2D eigenvalue weighted by Crippen LogP contribution is 2.29. The Morgan fingerprint density at radius 3 is 2.67 bits per heavy atom. The predicted octanol–water partition coefficient (Wildman–Crippen LogP) is 4.91. The number of benzene rings is 1. The van der Waals surface area contributed by atoms with Crippen LogP contribution in [0.2, 0.25) is 0 Å². The van der Waals surface area contributed by atoms with Crippen molar-refractivity contribution in [2.75, 3.05) is 6.61 Å². The molecule has 2 nitrogen and oxygen atoms in total. The average molecular weight is 283 g/mol. The number of aliphatic imine (C=N–C) groups is 1. The SMILES string of the molecule is CCCCOC1(CC)C=CC(N=Cc2ccccc2)=CC1. The van der Waals surface area contributed by atoms with Gasteiger partial charge in [0, 0.05) is 19.2 Å². The molecule has 1 atom stereocenters. The van der Waals surface area contributed by atoms with E-state index in [1.165, 1.54) is 6.42 Å². The smallest absolute Gasteiger partial charge is 0.0898 e. The monoisotopic (exact) mass is 283 g/mol. The minimum Gasteiger partial charge on any atom is -0.371 e. The number of hydrogen-bond acceptors (Lipinski definition) is 2. The van der Waals surface area contributed by atoms with Crippen molar-refractivity contribution < 1.29 is 4.74 Å². The van der Waals surface area contributed by atoms with Crippen molar-refractivity contribution in [2.24, 2.45) is 4.99 Å². The van der Waals surface area contributed by atoms with Crippen molar-refractivity contribution in [1.82, 2.24) is 0 Å². The summed E-state index contributed by atoms with van der Waals surface area (Å²) in [7, 11) is 0. The van der Waals surface area contributed by atoms with Crippen molar-refractivity contribution in [3.8, 4) is 0 Å². The largest absolute Gasteiger partial charge is 0.371 e. The van der Waals surface area contributed by atoms with Crippen LogP contribution in [0.15, 0.2) is 59.2 Å². The van der Waals surface area contributed by atoms with E-state index in [1.807, 2.05) is 24.4 Å². The molecule has 0 saturated carbocycles. The first-order valence-electron chi connectivity index (χ1n) is 7.90. The number of ether oxygens (including phenoxy) is 1. The quantitative estimate of drug-likeness (QED) is 0.514. The van der Waals surface area contributed by atoms with E-state index in [0.717, 1.165) is 37.1 Å². The molecule has 0 spiro atoms. The van der Waals surface area contributed by atoms with E-state index in [0.29, 0.717) is 0 Å². The molecule has 1 aliphatic carbocycles. The van der Waals surface area contributed by atoms with Gasteiger partial charge in [-0.15, -0.1) is 0 Å². The van der Waals surface area contributed by atoms with Gasteiger partial charge in [-0.05, 0) is 24.5 Å². The highest BCUT2D eigenvalue weighted by atomic mass is 16.5. The molecule has 0 fully saturated rings. The van der Waals surface area contributed by atoms with Crippen LogP contribution in [0.5, 0.6) is 0 Å². The van der Waals surface area contributed by atoms with Crippen molar-refractivity contribution in [1.29, 1.82) is 0 Å². The van der Waals surface area contributed by atoms with Gasteiger partial charge in [0.1, 0.15) is 0 Å². The first-order valence-corrected chi connectivity index (χ1v) is 7.90. The second-order valence-electron chi connectivity index (χ2n) is 5.46. The lowest BCUT2D eigenvalue weighted by atomic mass is 9.91. The van der Waals surface area contributed by atoms with Gasteiger partial charge in [0.15, 0.2) is 0 Å². The Balaban J connectivity index is 1.95. The van der Waals surface area contributed by atoms with E-state index in [9.17, 15) is 0 Å². The Hall–Kier alpha value is -1.67. The molecular weight excluding hydrogens is 258 g/mol. The molecule has 112 valence electrons. The van der Waals surface area contributed by atoms with E-state index >= 15 is 0 Å². The van der Waals surface area contributed by atoms with Crippen molar-refractivity contribution >= 4 is 6.21 Å². The molecule has 0 saturated heterocycles. The van der Waals surface area contributed by atoms with Crippen LogP contribution < -0.4 is 0 Å². The topological polar surface area (TPSA) is 21.6 Å². The van der Waals surface area contributed by atoms with Gasteiger partial charge in [-0.1, -0.05) is 62.8 Å². The normalized spacial score (nSPS) is 21.7.